The number of nitrogens with zero attached hydrogens (tertiary/aromatic N) is 3. The molecule has 0 atom stereocenters. The summed E-state index contributed by atoms with van der Waals surface area (Å²) in [4.78, 5) is 42.2. The molecule has 0 fully saturated rings. The molecule has 0 aliphatic carbocycles. The highest BCUT2D eigenvalue weighted by Gasteiger charge is 2.22. The second-order valence-corrected chi connectivity index (χ2v) is 7.23. The Hall–Kier alpha value is -3.04. The highest BCUT2D eigenvalue weighted by Crippen LogP contribution is 2.33. The smallest absolute Gasteiger partial charge is 0.332 e. The summed E-state index contributed by atoms with van der Waals surface area (Å²) in [6.07, 6.45) is 0. The van der Waals surface area contributed by atoms with E-state index in [0.29, 0.717) is 11.1 Å². The van der Waals surface area contributed by atoms with Crippen LogP contribution in [0.2, 0.25) is 0 Å². The zero-order valence-corrected chi connectivity index (χ0v) is 16.5. The zero-order valence-electron chi connectivity index (χ0n) is 14.9. The van der Waals surface area contributed by atoms with Crippen LogP contribution in [0.15, 0.2) is 53.6 Å². The molecule has 28 heavy (non-hydrogen) atoms. The Balaban J connectivity index is 2.40. The van der Waals surface area contributed by atoms with Crippen LogP contribution in [-0.4, -0.2) is 19.2 Å². The van der Waals surface area contributed by atoms with Crippen LogP contribution in [-0.2, 0) is 20.7 Å². The Bertz CT molecular complexity index is 1450. The van der Waals surface area contributed by atoms with E-state index >= 15 is 0 Å². The van der Waals surface area contributed by atoms with E-state index in [1.165, 1.54) is 18.7 Å². The Labute approximate surface area is 165 Å². The van der Waals surface area contributed by atoms with Crippen molar-refractivity contribution in [1.29, 1.82) is 0 Å². The molecule has 3 aromatic heterocycles. The number of aromatic nitrogens is 3. The summed E-state index contributed by atoms with van der Waals surface area (Å²) in [5.41, 5.74) is -0.511. The topological polar surface area (TPSA) is 107 Å². The molecular weight excluding hydrogens is 430 g/mol. The van der Waals surface area contributed by atoms with Crippen LogP contribution in [0.25, 0.3) is 33.3 Å². The highest BCUT2D eigenvalue weighted by atomic mass is 79.9. The van der Waals surface area contributed by atoms with Crippen molar-refractivity contribution in [2.75, 3.05) is 0 Å². The van der Waals surface area contributed by atoms with Gasteiger partial charge < -0.3 is 9.52 Å². The lowest BCUT2D eigenvalue weighted by Gasteiger charge is -2.13. The number of aliphatic hydroxyl groups excluding tert-OH is 1. The molecule has 0 bridgehead atoms. The SMILES string of the molecule is Cn1c(=O)c2c(-c3cccc(Br)c3)c3oc(CO)cc(=O)c3nc2n(C)c1=O. The molecule has 142 valence electrons. The predicted octanol–water partition coefficient (Wildman–Crippen LogP) is 1.66. The summed E-state index contributed by atoms with van der Waals surface area (Å²) in [6.45, 7) is -0.480. The molecule has 4 rings (SSSR count). The van der Waals surface area contributed by atoms with E-state index in [1.54, 1.807) is 18.2 Å². The van der Waals surface area contributed by atoms with E-state index in [4.69, 9.17) is 4.42 Å². The second kappa shape index (κ2) is 6.54. The summed E-state index contributed by atoms with van der Waals surface area (Å²) >= 11 is 3.40. The molecule has 0 aliphatic rings. The minimum absolute atomic E-state index is 0.0251. The highest BCUT2D eigenvalue weighted by molar-refractivity contribution is 9.10. The lowest BCUT2D eigenvalue weighted by molar-refractivity contribution is 0.249. The molecule has 0 radical (unpaired) electrons. The van der Waals surface area contributed by atoms with Crippen molar-refractivity contribution < 1.29 is 9.52 Å². The Morgan fingerprint density at radius 1 is 1.14 bits per heavy atom. The van der Waals surface area contributed by atoms with Crippen molar-refractivity contribution in [3.05, 3.63) is 71.6 Å². The van der Waals surface area contributed by atoms with Gasteiger partial charge in [0.1, 0.15) is 12.4 Å². The van der Waals surface area contributed by atoms with Crippen molar-refractivity contribution >= 4 is 38.1 Å². The van der Waals surface area contributed by atoms with Gasteiger partial charge in [0.25, 0.3) is 5.56 Å². The van der Waals surface area contributed by atoms with Crippen LogP contribution in [0, 0.1) is 0 Å². The predicted molar refractivity (Wildman–Crippen MR) is 107 cm³/mol. The van der Waals surface area contributed by atoms with Gasteiger partial charge in [0.15, 0.2) is 16.7 Å². The maximum absolute atomic E-state index is 13.0. The number of pyridine rings is 1. The van der Waals surface area contributed by atoms with Gasteiger partial charge in [-0.3, -0.25) is 18.7 Å². The van der Waals surface area contributed by atoms with Crippen LogP contribution >= 0.6 is 15.9 Å². The van der Waals surface area contributed by atoms with Gasteiger partial charge in [0.2, 0.25) is 5.43 Å². The van der Waals surface area contributed by atoms with Crippen molar-refractivity contribution in [1.82, 2.24) is 14.1 Å². The monoisotopic (exact) mass is 443 g/mol. The Morgan fingerprint density at radius 3 is 2.57 bits per heavy atom. The van der Waals surface area contributed by atoms with Crippen molar-refractivity contribution in [2.24, 2.45) is 14.1 Å². The number of halogens is 1. The summed E-state index contributed by atoms with van der Waals surface area (Å²) in [5.74, 6) is 0.0524. The van der Waals surface area contributed by atoms with Gasteiger partial charge in [-0.25, -0.2) is 9.78 Å². The third-order valence-corrected chi connectivity index (χ3v) is 5.06. The van der Waals surface area contributed by atoms with Crippen LogP contribution in [0.1, 0.15) is 5.76 Å². The van der Waals surface area contributed by atoms with Gasteiger partial charge in [0.05, 0.1) is 5.39 Å². The first-order valence-electron chi connectivity index (χ1n) is 8.26. The van der Waals surface area contributed by atoms with E-state index in [2.05, 4.69) is 20.9 Å². The quantitative estimate of drug-likeness (QED) is 0.472. The molecule has 8 nitrogen and oxygen atoms in total. The standard InChI is InChI=1S/C19H14BrN3O5/c1-22-17-14(18(26)23(2)19(22)27)13(9-4-3-5-10(20)6-9)16-15(21-17)12(25)7-11(8-24)28-16/h3-7,24H,8H2,1-2H3. The van der Waals surface area contributed by atoms with Crippen molar-refractivity contribution in [3.8, 4) is 11.1 Å². The van der Waals surface area contributed by atoms with Crippen LogP contribution in [0.5, 0.6) is 0 Å². The van der Waals surface area contributed by atoms with Gasteiger partial charge in [-0.15, -0.1) is 0 Å². The molecule has 0 aliphatic heterocycles. The summed E-state index contributed by atoms with van der Waals surface area (Å²) in [5, 5.41) is 9.59. The molecule has 0 spiro atoms. The molecule has 1 N–H and O–H groups in total. The minimum Gasteiger partial charge on any atom is -0.456 e. The van der Waals surface area contributed by atoms with Crippen LogP contribution in [0.3, 0.4) is 0 Å². The van der Waals surface area contributed by atoms with Crippen LogP contribution in [0.4, 0.5) is 0 Å². The molecule has 9 heteroatoms. The fraction of sp³-hybridized carbons (Fsp3) is 0.158. The molecule has 0 saturated heterocycles. The maximum atomic E-state index is 13.0. The van der Waals surface area contributed by atoms with Crippen molar-refractivity contribution in [2.45, 2.75) is 6.61 Å². The Kier molecular flexibility index (Phi) is 4.28. The van der Waals surface area contributed by atoms with E-state index in [0.717, 1.165) is 15.1 Å². The Morgan fingerprint density at radius 2 is 1.89 bits per heavy atom. The molecule has 0 amide bonds. The first kappa shape index (κ1) is 18.3. The number of aliphatic hydroxyl groups is 1. The van der Waals surface area contributed by atoms with E-state index in [1.807, 2.05) is 6.07 Å². The lowest BCUT2D eigenvalue weighted by atomic mass is 10.0. The van der Waals surface area contributed by atoms with Crippen molar-refractivity contribution in [3.63, 3.8) is 0 Å². The lowest BCUT2D eigenvalue weighted by Crippen LogP contribution is -2.37. The number of aryl methyl sites for hydroxylation is 1. The number of hydrogen-bond acceptors (Lipinski definition) is 6. The molecule has 1 aromatic carbocycles. The van der Waals surface area contributed by atoms with Gasteiger partial charge in [-0.05, 0) is 17.7 Å². The molecule has 3 heterocycles. The first-order valence-corrected chi connectivity index (χ1v) is 9.06. The van der Waals surface area contributed by atoms with Crippen LogP contribution < -0.4 is 16.7 Å². The third-order valence-electron chi connectivity index (χ3n) is 4.57. The number of fused-ring (bicyclic) bond motifs is 2. The normalized spacial score (nSPS) is 11.4. The number of rotatable bonds is 2. The number of hydrogen-bond donors (Lipinski definition) is 1. The summed E-state index contributed by atoms with van der Waals surface area (Å²) in [6, 6.07) is 8.26. The molecule has 0 saturated carbocycles. The van der Waals surface area contributed by atoms with E-state index in [9.17, 15) is 19.5 Å². The maximum Gasteiger partial charge on any atom is 0.332 e. The molecule has 4 aromatic rings. The third kappa shape index (κ3) is 2.62. The minimum atomic E-state index is -0.556. The number of benzene rings is 1. The van der Waals surface area contributed by atoms with Gasteiger partial charge in [0, 0.05) is 30.2 Å². The summed E-state index contributed by atoms with van der Waals surface area (Å²) in [7, 11) is 2.86. The van der Waals surface area contributed by atoms with E-state index in [-0.39, 0.29) is 27.9 Å². The van der Waals surface area contributed by atoms with Gasteiger partial charge in [-0.2, -0.15) is 0 Å². The fourth-order valence-electron chi connectivity index (χ4n) is 3.21. The average Bonchev–Trinajstić information content (AvgIpc) is 2.69. The zero-order chi connectivity index (χ0) is 20.2. The van der Waals surface area contributed by atoms with Gasteiger partial charge in [-0.1, -0.05) is 28.1 Å². The second-order valence-electron chi connectivity index (χ2n) is 6.31. The van der Waals surface area contributed by atoms with Gasteiger partial charge >= 0.3 is 5.69 Å². The molecule has 0 unspecified atom stereocenters. The fourth-order valence-corrected chi connectivity index (χ4v) is 3.61. The first-order chi connectivity index (χ1) is 13.3. The van der Waals surface area contributed by atoms with E-state index < -0.39 is 23.3 Å². The largest absolute Gasteiger partial charge is 0.456 e. The average molecular weight is 444 g/mol. The summed E-state index contributed by atoms with van der Waals surface area (Å²) < 4.78 is 8.68. The molecular formula is C19H14BrN3O5.